The number of hydrogen-bond acceptors (Lipinski definition) is 7. The first-order chi connectivity index (χ1) is 8.86. The van der Waals surface area contributed by atoms with Gasteiger partial charge in [0.2, 0.25) is 5.82 Å². The molecule has 1 aromatic carbocycles. The maximum absolute atomic E-state index is 8.91. The van der Waals surface area contributed by atoms with E-state index in [0.717, 1.165) is 16.9 Å². The Labute approximate surface area is 106 Å². The van der Waals surface area contributed by atoms with Crippen LogP contribution in [0.4, 0.5) is 0 Å². The molecule has 3 aromatic rings. The van der Waals surface area contributed by atoms with E-state index in [2.05, 4.69) is 25.0 Å². The van der Waals surface area contributed by atoms with Crippen LogP contribution < -0.4 is 0 Å². The zero-order valence-electron chi connectivity index (χ0n) is 9.13. The van der Waals surface area contributed by atoms with Crippen molar-refractivity contribution in [2.24, 2.45) is 0 Å². The molecule has 0 aliphatic heterocycles. The maximum atomic E-state index is 8.91. The van der Waals surface area contributed by atoms with Gasteiger partial charge < -0.3 is 5.11 Å². The molecule has 8 heteroatoms. The average Bonchev–Trinajstić information content (AvgIpc) is 3.10. The predicted octanol–water partition coefficient (Wildman–Crippen LogP) is 0.673. The Balaban J connectivity index is 2.00. The molecule has 0 bridgehead atoms. The molecule has 0 radical (unpaired) electrons. The van der Waals surface area contributed by atoms with Crippen LogP contribution in [0.2, 0.25) is 0 Å². The Morgan fingerprint density at radius 3 is 2.94 bits per heavy atom. The van der Waals surface area contributed by atoms with Crippen LogP contribution in [0.3, 0.4) is 0 Å². The van der Waals surface area contributed by atoms with Crippen LogP contribution in [0.15, 0.2) is 29.6 Å². The van der Waals surface area contributed by atoms with Gasteiger partial charge in [-0.1, -0.05) is 16.6 Å². The van der Waals surface area contributed by atoms with Gasteiger partial charge in [0.05, 0.1) is 5.69 Å². The Bertz CT molecular complexity index is 650. The Kier molecular flexibility index (Phi) is 2.79. The van der Waals surface area contributed by atoms with Crippen molar-refractivity contribution in [1.82, 2.24) is 29.8 Å². The normalized spacial score (nSPS) is 10.7. The summed E-state index contributed by atoms with van der Waals surface area (Å²) in [4.78, 5) is 1.37. The molecule has 0 unspecified atom stereocenters. The highest BCUT2D eigenvalue weighted by Crippen LogP contribution is 2.20. The fourth-order valence-electron chi connectivity index (χ4n) is 1.50. The predicted molar refractivity (Wildman–Crippen MR) is 64.0 cm³/mol. The van der Waals surface area contributed by atoms with Crippen LogP contribution in [-0.4, -0.2) is 34.9 Å². The fourth-order valence-corrected chi connectivity index (χ4v) is 1.96. The quantitative estimate of drug-likeness (QED) is 0.744. The van der Waals surface area contributed by atoms with Crippen molar-refractivity contribution >= 4 is 11.5 Å². The first-order valence-electron chi connectivity index (χ1n) is 5.14. The van der Waals surface area contributed by atoms with Gasteiger partial charge in [0.1, 0.15) is 12.3 Å². The Morgan fingerprint density at radius 2 is 2.22 bits per heavy atom. The molecule has 7 nitrogen and oxygen atoms in total. The van der Waals surface area contributed by atoms with Gasteiger partial charge in [-0.25, -0.2) is 0 Å². The highest BCUT2D eigenvalue weighted by molar-refractivity contribution is 7.03. The molecule has 18 heavy (non-hydrogen) atoms. The SMILES string of the molecule is OCc1nnn(-c2cccc(-c3csnn3)c2)n1. The summed E-state index contributed by atoms with van der Waals surface area (Å²) in [6.07, 6.45) is 0. The van der Waals surface area contributed by atoms with E-state index in [4.69, 9.17) is 5.11 Å². The van der Waals surface area contributed by atoms with Crippen molar-refractivity contribution in [3.05, 3.63) is 35.5 Å². The first-order valence-corrected chi connectivity index (χ1v) is 5.98. The minimum atomic E-state index is -0.226. The molecule has 90 valence electrons. The lowest BCUT2D eigenvalue weighted by molar-refractivity contribution is 0.271. The van der Waals surface area contributed by atoms with E-state index in [9.17, 15) is 0 Å². The summed E-state index contributed by atoms with van der Waals surface area (Å²) in [6, 6.07) is 7.56. The van der Waals surface area contributed by atoms with Crippen LogP contribution >= 0.6 is 11.5 Å². The molecule has 0 saturated heterocycles. The van der Waals surface area contributed by atoms with Crippen molar-refractivity contribution in [3.63, 3.8) is 0 Å². The minimum absolute atomic E-state index is 0.226. The van der Waals surface area contributed by atoms with Crippen molar-refractivity contribution in [3.8, 4) is 16.9 Å². The van der Waals surface area contributed by atoms with Crippen LogP contribution in [0.1, 0.15) is 5.82 Å². The summed E-state index contributed by atoms with van der Waals surface area (Å²) in [7, 11) is 0. The molecular weight excluding hydrogens is 252 g/mol. The summed E-state index contributed by atoms with van der Waals surface area (Å²) in [5.41, 5.74) is 2.50. The number of aliphatic hydroxyl groups excluding tert-OH is 1. The number of benzene rings is 1. The van der Waals surface area contributed by atoms with Crippen LogP contribution in [0, 0.1) is 0 Å². The van der Waals surface area contributed by atoms with Crippen molar-refractivity contribution in [2.75, 3.05) is 0 Å². The molecular formula is C10H8N6OS. The van der Waals surface area contributed by atoms with E-state index in [1.54, 1.807) is 0 Å². The van der Waals surface area contributed by atoms with Crippen LogP contribution in [0.25, 0.3) is 16.9 Å². The molecule has 0 amide bonds. The molecule has 2 heterocycles. The van der Waals surface area contributed by atoms with Crippen molar-refractivity contribution in [1.29, 1.82) is 0 Å². The second-order valence-corrected chi connectivity index (χ2v) is 4.10. The number of rotatable bonds is 3. The van der Waals surface area contributed by atoms with E-state index < -0.39 is 0 Å². The first kappa shape index (κ1) is 10.9. The molecule has 0 aliphatic rings. The molecule has 0 saturated carbocycles. The minimum Gasteiger partial charge on any atom is -0.388 e. The monoisotopic (exact) mass is 260 g/mol. The number of hydrogen-bond donors (Lipinski definition) is 1. The van der Waals surface area contributed by atoms with E-state index in [-0.39, 0.29) is 12.4 Å². The van der Waals surface area contributed by atoms with E-state index in [1.165, 1.54) is 16.3 Å². The zero-order valence-corrected chi connectivity index (χ0v) is 9.95. The van der Waals surface area contributed by atoms with E-state index in [1.807, 2.05) is 29.6 Å². The van der Waals surface area contributed by atoms with Gasteiger partial charge in [-0.05, 0) is 28.9 Å². The lowest BCUT2D eigenvalue weighted by Gasteiger charge is -2.00. The number of aliphatic hydroxyl groups is 1. The third-order valence-corrected chi connectivity index (χ3v) is 2.83. The van der Waals surface area contributed by atoms with Gasteiger partial charge in [-0.3, -0.25) is 0 Å². The van der Waals surface area contributed by atoms with Gasteiger partial charge in [-0.15, -0.1) is 20.1 Å². The second-order valence-electron chi connectivity index (χ2n) is 3.49. The van der Waals surface area contributed by atoms with Gasteiger partial charge in [0, 0.05) is 10.9 Å². The topological polar surface area (TPSA) is 89.6 Å². The third kappa shape index (κ3) is 1.98. The lowest BCUT2D eigenvalue weighted by Crippen LogP contribution is -1.99. The molecule has 2 aromatic heterocycles. The fraction of sp³-hybridized carbons (Fsp3) is 0.100. The molecule has 0 atom stereocenters. The molecule has 0 spiro atoms. The van der Waals surface area contributed by atoms with Crippen molar-refractivity contribution < 1.29 is 5.11 Å². The van der Waals surface area contributed by atoms with Crippen molar-refractivity contribution in [2.45, 2.75) is 6.61 Å². The maximum Gasteiger partial charge on any atom is 0.200 e. The van der Waals surface area contributed by atoms with E-state index in [0.29, 0.717) is 0 Å². The number of nitrogens with zero attached hydrogens (tertiary/aromatic N) is 6. The molecule has 1 N–H and O–H groups in total. The third-order valence-electron chi connectivity index (χ3n) is 2.33. The molecule has 0 aliphatic carbocycles. The summed E-state index contributed by atoms with van der Waals surface area (Å²) >= 11 is 1.30. The number of tetrazole rings is 1. The van der Waals surface area contributed by atoms with E-state index >= 15 is 0 Å². The Morgan fingerprint density at radius 1 is 1.28 bits per heavy atom. The van der Waals surface area contributed by atoms with Gasteiger partial charge in [0.15, 0.2) is 0 Å². The van der Waals surface area contributed by atoms with Crippen LogP contribution in [0.5, 0.6) is 0 Å². The molecule has 3 rings (SSSR count). The largest absolute Gasteiger partial charge is 0.388 e. The summed E-state index contributed by atoms with van der Waals surface area (Å²) < 4.78 is 3.83. The average molecular weight is 260 g/mol. The van der Waals surface area contributed by atoms with Gasteiger partial charge in [-0.2, -0.15) is 0 Å². The van der Waals surface area contributed by atoms with Gasteiger partial charge >= 0.3 is 0 Å². The van der Waals surface area contributed by atoms with Crippen LogP contribution in [-0.2, 0) is 6.61 Å². The second kappa shape index (κ2) is 4.59. The van der Waals surface area contributed by atoms with Gasteiger partial charge in [0.25, 0.3) is 0 Å². The zero-order chi connectivity index (χ0) is 12.4. The standard InChI is InChI=1S/C10H8N6OS/c17-5-10-12-14-16(13-10)8-3-1-2-7(4-8)9-6-18-15-11-9/h1-4,6,17H,5H2. The highest BCUT2D eigenvalue weighted by atomic mass is 32.1. The number of aromatic nitrogens is 6. The summed E-state index contributed by atoms with van der Waals surface area (Å²) in [5.74, 6) is 0.288. The molecule has 0 fully saturated rings. The Hall–Kier alpha value is -2.19. The smallest absolute Gasteiger partial charge is 0.200 e. The lowest BCUT2D eigenvalue weighted by atomic mass is 10.1. The highest BCUT2D eigenvalue weighted by Gasteiger charge is 2.06. The summed E-state index contributed by atoms with van der Waals surface area (Å²) in [6.45, 7) is -0.226. The summed E-state index contributed by atoms with van der Waals surface area (Å²) in [5, 5.41) is 26.4.